The molecule has 1 aromatic rings. The Balaban J connectivity index is 1.99. The number of hydrogen-bond donors (Lipinski definition) is 1. The topological polar surface area (TPSA) is 15.3 Å². The second-order valence-corrected chi connectivity index (χ2v) is 6.00. The summed E-state index contributed by atoms with van der Waals surface area (Å²) in [6.07, 6.45) is 5.08. The van der Waals surface area contributed by atoms with E-state index in [0.29, 0.717) is 6.04 Å². The summed E-state index contributed by atoms with van der Waals surface area (Å²) >= 11 is 0. The number of anilines is 1. The summed E-state index contributed by atoms with van der Waals surface area (Å²) in [5, 5.41) is 3.66. The smallest absolute Gasteiger partial charge is 0.0373 e. The minimum absolute atomic E-state index is 0.674. The van der Waals surface area contributed by atoms with E-state index >= 15 is 0 Å². The van der Waals surface area contributed by atoms with Gasteiger partial charge in [-0.05, 0) is 36.9 Å². The lowest BCUT2D eigenvalue weighted by atomic mass is 10.00. The van der Waals surface area contributed by atoms with Gasteiger partial charge in [0.25, 0.3) is 0 Å². The zero-order valence-electron chi connectivity index (χ0n) is 13.4. The molecule has 0 bridgehead atoms. The van der Waals surface area contributed by atoms with Gasteiger partial charge in [0.2, 0.25) is 0 Å². The van der Waals surface area contributed by atoms with Crippen LogP contribution in [0.1, 0.15) is 45.6 Å². The Hall–Kier alpha value is -1.02. The van der Waals surface area contributed by atoms with Crippen LogP contribution in [0.3, 0.4) is 0 Å². The summed E-state index contributed by atoms with van der Waals surface area (Å²) in [7, 11) is 0. The van der Waals surface area contributed by atoms with Crippen LogP contribution in [0.4, 0.5) is 5.69 Å². The van der Waals surface area contributed by atoms with E-state index in [1.54, 1.807) is 0 Å². The van der Waals surface area contributed by atoms with Crippen molar-refractivity contribution in [1.29, 1.82) is 0 Å². The molecule has 1 unspecified atom stereocenters. The zero-order chi connectivity index (χ0) is 14.4. The molecule has 2 rings (SSSR count). The Morgan fingerprint density at radius 1 is 1.20 bits per heavy atom. The fourth-order valence-electron chi connectivity index (χ4n) is 3.29. The number of para-hydroxylation sites is 1. The van der Waals surface area contributed by atoms with E-state index in [2.05, 4.69) is 55.3 Å². The highest BCUT2D eigenvalue weighted by molar-refractivity contribution is 5.52. The quantitative estimate of drug-likeness (QED) is 0.837. The Morgan fingerprint density at radius 2 is 1.95 bits per heavy atom. The first kappa shape index (κ1) is 15.4. The van der Waals surface area contributed by atoms with Gasteiger partial charge in [-0.25, -0.2) is 0 Å². The number of aryl methyl sites for hydroxylation is 1. The number of hydrogen-bond acceptors (Lipinski definition) is 2. The second kappa shape index (κ2) is 7.68. The van der Waals surface area contributed by atoms with Crippen LogP contribution in [-0.2, 0) is 6.42 Å². The number of nitrogens with zero attached hydrogens (tertiary/aromatic N) is 1. The van der Waals surface area contributed by atoms with Gasteiger partial charge in [0.1, 0.15) is 0 Å². The van der Waals surface area contributed by atoms with Crippen molar-refractivity contribution in [2.24, 2.45) is 5.92 Å². The molecular weight excluding hydrogens is 244 g/mol. The SMILES string of the molecule is CCC(CC)CN(CC)C1CCc2ccccc2NC1. The monoisotopic (exact) mass is 274 g/mol. The average molecular weight is 274 g/mol. The molecule has 112 valence electrons. The van der Waals surface area contributed by atoms with Gasteiger partial charge >= 0.3 is 0 Å². The van der Waals surface area contributed by atoms with Gasteiger partial charge < -0.3 is 5.32 Å². The lowest BCUT2D eigenvalue weighted by molar-refractivity contribution is 0.170. The molecule has 0 aromatic heterocycles. The third-order valence-electron chi connectivity index (χ3n) is 4.86. The molecule has 1 aliphatic rings. The molecule has 1 aliphatic heterocycles. The Kier molecular flexibility index (Phi) is 5.90. The summed E-state index contributed by atoms with van der Waals surface area (Å²) in [5.41, 5.74) is 2.82. The minimum Gasteiger partial charge on any atom is -0.383 e. The number of likely N-dealkylation sites (N-methyl/N-ethyl adjacent to an activating group) is 1. The van der Waals surface area contributed by atoms with Crippen molar-refractivity contribution < 1.29 is 0 Å². The maximum atomic E-state index is 3.66. The summed E-state index contributed by atoms with van der Waals surface area (Å²) in [5.74, 6) is 0.848. The van der Waals surface area contributed by atoms with E-state index in [0.717, 1.165) is 12.5 Å². The molecule has 1 aromatic carbocycles. The fraction of sp³-hybridized carbons (Fsp3) is 0.667. The van der Waals surface area contributed by atoms with Crippen LogP contribution in [0.15, 0.2) is 24.3 Å². The predicted molar refractivity (Wildman–Crippen MR) is 88.4 cm³/mol. The lowest BCUT2D eigenvalue weighted by Crippen LogP contribution is -2.42. The maximum Gasteiger partial charge on any atom is 0.0373 e. The van der Waals surface area contributed by atoms with Crippen LogP contribution in [0, 0.1) is 5.92 Å². The molecule has 0 spiro atoms. The van der Waals surface area contributed by atoms with Crippen LogP contribution in [-0.4, -0.2) is 30.6 Å². The van der Waals surface area contributed by atoms with E-state index in [4.69, 9.17) is 0 Å². The number of benzene rings is 1. The largest absolute Gasteiger partial charge is 0.383 e. The highest BCUT2D eigenvalue weighted by Gasteiger charge is 2.22. The molecule has 0 amide bonds. The van der Waals surface area contributed by atoms with Crippen LogP contribution >= 0.6 is 0 Å². The first-order valence-electron chi connectivity index (χ1n) is 8.34. The number of rotatable bonds is 6. The molecule has 20 heavy (non-hydrogen) atoms. The van der Waals surface area contributed by atoms with Gasteiger partial charge in [-0.1, -0.05) is 51.8 Å². The molecule has 2 heteroatoms. The normalized spacial score (nSPS) is 18.8. The van der Waals surface area contributed by atoms with Gasteiger partial charge in [-0.2, -0.15) is 0 Å². The zero-order valence-corrected chi connectivity index (χ0v) is 13.4. The lowest BCUT2D eigenvalue weighted by Gasteiger charge is -2.32. The van der Waals surface area contributed by atoms with Crippen LogP contribution in [0.5, 0.6) is 0 Å². The molecule has 1 N–H and O–H groups in total. The van der Waals surface area contributed by atoms with Crippen molar-refractivity contribution in [3.8, 4) is 0 Å². The fourth-order valence-corrected chi connectivity index (χ4v) is 3.29. The number of nitrogens with one attached hydrogen (secondary N) is 1. The Bertz CT molecular complexity index is 371. The minimum atomic E-state index is 0.674. The van der Waals surface area contributed by atoms with Gasteiger partial charge in [0.05, 0.1) is 0 Å². The summed E-state index contributed by atoms with van der Waals surface area (Å²) < 4.78 is 0. The maximum absolute atomic E-state index is 3.66. The van der Waals surface area contributed by atoms with Crippen LogP contribution in [0.25, 0.3) is 0 Å². The second-order valence-electron chi connectivity index (χ2n) is 6.00. The average Bonchev–Trinajstić information content (AvgIpc) is 2.71. The van der Waals surface area contributed by atoms with Crippen molar-refractivity contribution >= 4 is 5.69 Å². The van der Waals surface area contributed by atoms with E-state index in [-0.39, 0.29) is 0 Å². The molecule has 2 nitrogen and oxygen atoms in total. The molecule has 0 radical (unpaired) electrons. The van der Waals surface area contributed by atoms with Gasteiger partial charge in [0, 0.05) is 24.8 Å². The van der Waals surface area contributed by atoms with Crippen molar-refractivity contribution in [3.63, 3.8) is 0 Å². The van der Waals surface area contributed by atoms with E-state index in [1.807, 2.05) is 0 Å². The van der Waals surface area contributed by atoms with Crippen LogP contribution in [0.2, 0.25) is 0 Å². The molecule has 0 saturated carbocycles. The van der Waals surface area contributed by atoms with Gasteiger partial charge in [-0.15, -0.1) is 0 Å². The third kappa shape index (κ3) is 3.76. The van der Waals surface area contributed by atoms with E-state index in [1.165, 1.54) is 50.0 Å². The predicted octanol–water partition coefficient (Wildman–Crippen LogP) is 4.17. The van der Waals surface area contributed by atoms with Crippen molar-refractivity contribution in [2.75, 3.05) is 25.0 Å². The van der Waals surface area contributed by atoms with Crippen molar-refractivity contribution in [1.82, 2.24) is 4.90 Å². The van der Waals surface area contributed by atoms with Gasteiger partial charge in [-0.3, -0.25) is 4.90 Å². The van der Waals surface area contributed by atoms with Gasteiger partial charge in [0.15, 0.2) is 0 Å². The summed E-state index contributed by atoms with van der Waals surface area (Å²) in [4.78, 5) is 2.69. The third-order valence-corrected chi connectivity index (χ3v) is 4.86. The van der Waals surface area contributed by atoms with E-state index < -0.39 is 0 Å². The Labute approximate surface area is 124 Å². The standard InChI is InChI=1S/C18H30N2/c1-4-15(5-2)14-20(6-3)17-12-11-16-9-7-8-10-18(16)19-13-17/h7-10,15,17,19H,4-6,11-14H2,1-3H3. The highest BCUT2D eigenvalue weighted by atomic mass is 15.2. The molecule has 1 atom stereocenters. The Morgan fingerprint density at radius 3 is 2.65 bits per heavy atom. The number of fused-ring (bicyclic) bond motifs is 1. The first-order chi connectivity index (χ1) is 9.78. The molecule has 0 saturated heterocycles. The van der Waals surface area contributed by atoms with Crippen molar-refractivity contribution in [2.45, 2.75) is 52.5 Å². The first-order valence-corrected chi connectivity index (χ1v) is 8.34. The highest BCUT2D eigenvalue weighted by Crippen LogP contribution is 2.23. The summed E-state index contributed by atoms with van der Waals surface area (Å²) in [6.45, 7) is 10.5. The molecular formula is C18H30N2. The van der Waals surface area contributed by atoms with Crippen LogP contribution < -0.4 is 5.32 Å². The van der Waals surface area contributed by atoms with Crippen molar-refractivity contribution in [3.05, 3.63) is 29.8 Å². The molecule has 1 heterocycles. The molecule has 0 fully saturated rings. The molecule has 0 aliphatic carbocycles. The van der Waals surface area contributed by atoms with E-state index in [9.17, 15) is 0 Å². The summed E-state index contributed by atoms with van der Waals surface area (Å²) in [6, 6.07) is 9.45.